The molecule has 0 spiro atoms. The highest BCUT2D eigenvalue weighted by Crippen LogP contribution is 2.22. The van der Waals surface area contributed by atoms with Gasteiger partial charge in [-0.3, -0.25) is 19.1 Å². The van der Waals surface area contributed by atoms with Crippen LogP contribution in [0.1, 0.15) is 43.0 Å². The molecule has 1 amide bonds. The molecule has 4 rings (SSSR count). The SMILES string of the molecule is CCn1c(=O)[nH]c2cc(C(=O)N3CCCC(N4CCCC4)C3)ccc2c1=O. The Morgan fingerprint density at radius 2 is 1.93 bits per heavy atom. The van der Waals surface area contributed by atoms with Gasteiger partial charge in [0.1, 0.15) is 0 Å². The third-order valence-corrected chi connectivity index (χ3v) is 5.89. The molecule has 2 aromatic rings. The first kappa shape index (κ1) is 18.0. The second kappa shape index (κ2) is 7.31. The lowest BCUT2D eigenvalue weighted by molar-refractivity contribution is 0.0608. The number of aromatic nitrogens is 2. The number of fused-ring (bicyclic) bond motifs is 1. The Morgan fingerprint density at radius 1 is 1.15 bits per heavy atom. The van der Waals surface area contributed by atoms with Gasteiger partial charge in [0, 0.05) is 31.2 Å². The zero-order chi connectivity index (χ0) is 19.0. The number of benzene rings is 1. The lowest BCUT2D eigenvalue weighted by atomic mass is 10.0. The van der Waals surface area contributed by atoms with Crippen LogP contribution in [0.2, 0.25) is 0 Å². The van der Waals surface area contributed by atoms with E-state index in [0.29, 0.717) is 29.1 Å². The van der Waals surface area contributed by atoms with E-state index in [1.54, 1.807) is 25.1 Å². The lowest BCUT2D eigenvalue weighted by Gasteiger charge is -2.37. The Balaban J connectivity index is 1.60. The molecule has 0 aliphatic carbocycles. The van der Waals surface area contributed by atoms with Gasteiger partial charge in [0.05, 0.1) is 10.9 Å². The number of carbonyl (C=O) groups is 1. The highest BCUT2D eigenvalue weighted by atomic mass is 16.2. The van der Waals surface area contributed by atoms with Gasteiger partial charge in [-0.25, -0.2) is 4.79 Å². The van der Waals surface area contributed by atoms with Gasteiger partial charge in [-0.1, -0.05) is 0 Å². The largest absolute Gasteiger partial charge is 0.337 e. The summed E-state index contributed by atoms with van der Waals surface area (Å²) in [6, 6.07) is 5.43. The van der Waals surface area contributed by atoms with Gasteiger partial charge in [-0.15, -0.1) is 0 Å². The van der Waals surface area contributed by atoms with Gasteiger partial charge in [0.2, 0.25) is 0 Å². The number of rotatable bonds is 3. The topological polar surface area (TPSA) is 78.4 Å². The standard InChI is InChI=1S/C20H26N4O3/c1-2-24-19(26)16-8-7-14(12-17(16)21-20(24)27)18(25)23-11-5-6-15(13-23)22-9-3-4-10-22/h7-8,12,15H,2-6,9-11,13H2,1H3,(H,21,27). The Bertz CT molecular complexity index is 971. The summed E-state index contributed by atoms with van der Waals surface area (Å²) >= 11 is 0. The molecule has 144 valence electrons. The van der Waals surface area contributed by atoms with Gasteiger partial charge in [0.15, 0.2) is 0 Å². The van der Waals surface area contributed by atoms with Crippen molar-refractivity contribution >= 4 is 16.8 Å². The first-order chi connectivity index (χ1) is 13.1. The molecule has 1 atom stereocenters. The Hall–Kier alpha value is -2.41. The van der Waals surface area contributed by atoms with E-state index in [-0.39, 0.29) is 11.5 Å². The molecule has 1 aromatic carbocycles. The zero-order valence-electron chi connectivity index (χ0n) is 15.7. The molecule has 1 aromatic heterocycles. The number of piperidine rings is 1. The quantitative estimate of drug-likeness (QED) is 0.886. The van der Waals surface area contributed by atoms with Crippen molar-refractivity contribution in [1.82, 2.24) is 19.4 Å². The number of aromatic amines is 1. The van der Waals surface area contributed by atoms with E-state index in [1.807, 2.05) is 4.90 Å². The molecule has 1 N–H and O–H groups in total. The molecule has 2 aliphatic heterocycles. The van der Waals surface area contributed by atoms with Crippen LogP contribution in [0.4, 0.5) is 0 Å². The van der Waals surface area contributed by atoms with Crippen LogP contribution in [-0.4, -0.2) is 57.5 Å². The molecule has 0 bridgehead atoms. The van der Waals surface area contributed by atoms with Crippen LogP contribution in [0.25, 0.3) is 10.9 Å². The summed E-state index contributed by atoms with van der Waals surface area (Å²) < 4.78 is 1.16. The number of nitrogens with one attached hydrogen (secondary N) is 1. The Morgan fingerprint density at radius 3 is 2.67 bits per heavy atom. The number of H-pyrrole nitrogens is 1. The monoisotopic (exact) mass is 370 g/mol. The molecule has 0 saturated carbocycles. The van der Waals surface area contributed by atoms with E-state index in [1.165, 1.54) is 12.8 Å². The number of carbonyl (C=O) groups excluding carboxylic acids is 1. The number of nitrogens with zero attached hydrogens (tertiary/aromatic N) is 3. The summed E-state index contributed by atoms with van der Waals surface area (Å²) in [4.78, 5) is 44.6. The van der Waals surface area contributed by atoms with Crippen molar-refractivity contribution in [3.63, 3.8) is 0 Å². The fourth-order valence-corrected chi connectivity index (χ4v) is 4.40. The average molecular weight is 370 g/mol. The van der Waals surface area contributed by atoms with E-state index in [9.17, 15) is 14.4 Å². The van der Waals surface area contributed by atoms with Crippen molar-refractivity contribution in [2.75, 3.05) is 26.2 Å². The normalized spacial score (nSPS) is 21.1. The maximum Gasteiger partial charge on any atom is 0.328 e. The molecule has 1 unspecified atom stereocenters. The molecule has 2 saturated heterocycles. The molecule has 7 heteroatoms. The maximum absolute atomic E-state index is 13.0. The number of hydrogen-bond donors (Lipinski definition) is 1. The molecular formula is C20H26N4O3. The highest BCUT2D eigenvalue weighted by Gasteiger charge is 2.29. The molecule has 2 aliphatic rings. The Kier molecular flexibility index (Phi) is 4.86. The summed E-state index contributed by atoms with van der Waals surface area (Å²) in [7, 11) is 0. The number of amides is 1. The molecular weight excluding hydrogens is 344 g/mol. The molecule has 3 heterocycles. The maximum atomic E-state index is 13.0. The highest BCUT2D eigenvalue weighted by molar-refractivity contribution is 5.97. The van der Waals surface area contributed by atoms with Crippen LogP contribution in [0.15, 0.2) is 27.8 Å². The Labute approximate surface area is 157 Å². The van der Waals surface area contributed by atoms with E-state index >= 15 is 0 Å². The fraction of sp³-hybridized carbons (Fsp3) is 0.550. The summed E-state index contributed by atoms with van der Waals surface area (Å²) in [6.07, 6.45) is 4.65. The van der Waals surface area contributed by atoms with Gasteiger partial charge >= 0.3 is 5.69 Å². The van der Waals surface area contributed by atoms with Gasteiger partial charge in [-0.05, 0) is 63.9 Å². The van der Waals surface area contributed by atoms with Crippen LogP contribution in [-0.2, 0) is 6.54 Å². The minimum absolute atomic E-state index is 0.0266. The zero-order valence-corrected chi connectivity index (χ0v) is 15.7. The van der Waals surface area contributed by atoms with Crippen molar-refractivity contribution < 1.29 is 4.79 Å². The third-order valence-electron chi connectivity index (χ3n) is 5.89. The summed E-state index contributed by atoms with van der Waals surface area (Å²) in [6.45, 7) is 5.85. The minimum Gasteiger partial charge on any atom is -0.337 e. The van der Waals surface area contributed by atoms with E-state index in [0.717, 1.165) is 43.6 Å². The van der Waals surface area contributed by atoms with Crippen molar-refractivity contribution in [1.29, 1.82) is 0 Å². The smallest absolute Gasteiger partial charge is 0.328 e. The predicted octanol–water partition coefficient (Wildman–Crippen LogP) is 1.41. The van der Waals surface area contributed by atoms with E-state index in [4.69, 9.17) is 0 Å². The second-order valence-electron chi connectivity index (χ2n) is 7.53. The van der Waals surface area contributed by atoms with E-state index in [2.05, 4.69) is 9.88 Å². The van der Waals surface area contributed by atoms with Crippen molar-refractivity contribution in [2.24, 2.45) is 0 Å². The van der Waals surface area contributed by atoms with Gasteiger partial charge in [0.25, 0.3) is 11.5 Å². The summed E-state index contributed by atoms with van der Waals surface area (Å²) in [5.41, 5.74) is 0.191. The summed E-state index contributed by atoms with van der Waals surface area (Å²) in [5, 5.41) is 0.432. The average Bonchev–Trinajstić information content (AvgIpc) is 3.22. The number of hydrogen-bond acceptors (Lipinski definition) is 4. The first-order valence-corrected chi connectivity index (χ1v) is 9.88. The van der Waals surface area contributed by atoms with Gasteiger partial charge < -0.3 is 9.88 Å². The third kappa shape index (κ3) is 3.32. The van der Waals surface area contributed by atoms with Crippen molar-refractivity contribution in [2.45, 2.75) is 45.2 Å². The predicted molar refractivity (Wildman–Crippen MR) is 104 cm³/mol. The fourth-order valence-electron chi connectivity index (χ4n) is 4.40. The first-order valence-electron chi connectivity index (χ1n) is 9.88. The van der Waals surface area contributed by atoms with Crippen LogP contribution in [0.5, 0.6) is 0 Å². The molecule has 27 heavy (non-hydrogen) atoms. The van der Waals surface area contributed by atoms with Crippen LogP contribution >= 0.6 is 0 Å². The molecule has 7 nitrogen and oxygen atoms in total. The lowest BCUT2D eigenvalue weighted by Crippen LogP contribution is -2.49. The van der Waals surface area contributed by atoms with Crippen LogP contribution < -0.4 is 11.2 Å². The second-order valence-corrected chi connectivity index (χ2v) is 7.53. The van der Waals surface area contributed by atoms with Gasteiger partial charge in [-0.2, -0.15) is 0 Å². The van der Waals surface area contributed by atoms with Crippen LogP contribution in [0.3, 0.4) is 0 Å². The van der Waals surface area contributed by atoms with Crippen molar-refractivity contribution in [3.05, 3.63) is 44.6 Å². The number of likely N-dealkylation sites (tertiary alicyclic amines) is 2. The molecule has 0 radical (unpaired) electrons. The van der Waals surface area contributed by atoms with Crippen LogP contribution in [0, 0.1) is 0 Å². The van der Waals surface area contributed by atoms with E-state index < -0.39 is 5.69 Å². The molecule has 2 fully saturated rings. The minimum atomic E-state index is -0.438. The summed E-state index contributed by atoms with van der Waals surface area (Å²) in [5.74, 6) is -0.0266. The van der Waals surface area contributed by atoms with Crippen molar-refractivity contribution in [3.8, 4) is 0 Å².